The van der Waals surface area contributed by atoms with Gasteiger partial charge >= 0.3 is 6.03 Å². The molecule has 5 nitrogen and oxygen atoms in total. The highest BCUT2D eigenvalue weighted by Gasteiger charge is 2.29. The summed E-state index contributed by atoms with van der Waals surface area (Å²) in [6, 6.07) is 5.48. The van der Waals surface area contributed by atoms with E-state index < -0.39 is 0 Å². The fraction of sp³-hybridized carbons (Fsp3) is 0.562. The lowest BCUT2D eigenvalue weighted by Gasteiger charge is -2.20. The molecule has 2 atom stereocenters. The predicted octanol–water partition coefficient (Wildman–Crippen LogP) is 3.28. The number of hydrogen-bond acceptors (Lipinski definition) is 3. The minimum Gasteiger partial charge on any atom is -0.497 e. The monoisotopic (exact) mass is 328 g/mol. The van der Waals surface area contributed by atoms with Gasteiger partial charge in [0.2, 0.25) is 0 Å². The number of nitrogens with one attached hydrogen (secondary N) is 2. The predicted molar refractivity (Wildman–Crippen MR) is 89.1 cm³/mol. The Hall–Kier alpha value is -1.62. The number of hydrogen-bond donors (Lipinski definition) is 2. The second-order valence-electron chi connectivity index (χ2n) is 5.57. The summed E-state index contributed by atoms with van der Waals surface area (Å²) in [6.45, 7) is 3.98. The molecule has 22 heavy (non-hydrogen) atoms. The van der Waals surface area contributed by atoms with Crippen molar-refractivity contribution in [3.05, 3.63) is 23.8 Å². The van der Waals surface area contributed by atoms with E-state index in [1.54, 1.807) is 14.2 Å². The van der Waals surface area contributed by atoms with Crippen LogP contribution in [0.3, 0.4) is 0 Å². The van der Waals surface area contributed by atoms with Crippen LogP contribution in [0, 0.1) is 5.92 Å². The van der Waals surface area contributed by atoms with Crippen molar-refractivity contribution >= 4 is 18.4 Å². The van der Waals surface area contributed by atoms with Crippen LogP contribution in [0.15, 0.2) is 18.2 Å². The van der Waals surface area contributed by atoms with Crippen LogP contribution in [-0.4, -0.2) is 26.3 Å². The normalized spacial score (nSPS) is 16.0. The molecule has 2 rings (SSSR count). The van der Waals surface area contributed by atoms with Crippen molar-refractivity contribution in [1.29, 1.82) is 0 Å². The van der Waals surface area contributed by atoms with Gasteiger partial charge in [-0.15, -0.1) is 12.4 Å². The molecular weight excluding hydrogens is 304 g/mol. The standard InChI is InChI=1S/C16H24N2O3.ClH/c1-10(12-5-6-12)17-16(19)18-11(2)14-9-13(20-3)7-8-15(14)21-4;/h7-12H,5-6H2,1-4H3,(H2,17,18,19);1H. The molecule has 2 unspecified atom stereocenters. The number of methoxy groups -OCH3 is 2. The van der Waals surface area contributed by atoms with Crippen LogP contribution in [0.4, 0.5) is 4.79 Å². The SMILES string of the molecule is COc1ccc(OC)c(C(C)NC(=O)NC(C)C2CC2)c1.Cl. The molecule has 0 spiro atoms. The highest BCUT2D eigenvalue weighted by Crippen LogP contribution is 2.32. The van der Waals surface area contributed by atoms with Gasteiger partial charge in [0.25, 0.3) is 0 Å². The van der Waals surface area contributed by atoms with Crippen LogP contribution in [0.5, 0.6) is 11.5 Å². The maximum atomic E-state index is 12.0. The smallest absolute Gasteiger partial charge is 0.315 e. The molecule has 1 fully saturated rings. The molecule has 1 aromatic carbocycles. The second kappa shape index (κ2) is 8.13. The third-order valence-electron chi connectivity index (χ3n) is 3.94. The number of halogens is 1. The van der Waals surface area contributed by atoms with Crippen LogP contribution in [0.2, 0.25) is 0 Å². The topological polar surface area (TPSA) is 59.6 Å². The molecule has 0 heterocycles. The Bertz CT molecular complexity index is 506. The third kappa shape index (κ3) is 4.70. The van der Waals surface area contributed by atoms with Crippen molar-refractivity contribution in [2.24, 2.45) is 5.92 Å². The molecule has 1 aliphatic rings. The summed E-state index contributed by atoms with van der Waals surface area (Å²) in [6.07, 6.45) is 2.42. The minimum atomic E-state index is -0.165. The van der Waals surface area contributed by atoms with E-state index in [4.69, 9.17) is 9.47 Å². The molecule has 6 heteroatoms. The Morgan fingerprint density at radius 3 is 2.41 bits per heavy atom. The van der Waals surface area contributed by atoms with E-state index >= 15 is 0 Å². The van der Waals surface area contributed by atoms with E-state index in [-0.39, 0.29) is 30.5 Å². The summed E-state index contributed by atoms with van der Waals surface area (Å²) in [7, 11) is 3.24. The summed E-state index contributed by atoms with van der Waals surface area (Å²) >= 11 is 0. The van der Waals surface area contributed by atoms with Crippen molar-refractivity contribution in [1.82, 2.24) is 10.6 Å². The molecule has 0 saturated heterocycles. The summed E-state index contributed by atoms with van der Waals surface area (Å²) in [5, 5.41) is 5.94. The fourth-order valence-electron chi connectivity index (χ4n) is 2.41. The first-order chi connectivity index (χ1) is 10.0. The number of carbonyl (C=O) groups excluding carboxylic acids is 1. The Labute approximate surface area is 138 Å². The molecule has 0 aromatic heterocycles. The van der Waals surface area contributed by atoms with Crippen LogP contribution in [0.1, 0.15) is 38.3 Å². The van der Waals surface area contributed by atoms with Crippen LogP contribution in [0.25, 0.3) is 0 Å². The molecule has 0 radical (unpaired) electrons. The first kappa shape index (κ1) is 18.4. The van der Waals surface area contributed by atoms with E-state index in [9.17, 15) is 4.79 Å². The maximum Gasteiger partial charge on any atom is 0.315 e. The molecule has 2 N–H and O–H groups in total. The summed E-state index contributed by atoms with van der Waals surface area (Å²) in [5.41, 5.74) is 0.895. The van der Waals surface area contributed by atoms with E-state index in [1.165, 1.54) is 12.8 Å². The molecule has 0 aliphatic heterocycles. The fourth-order valence-corrected chi connectivity index (χ4v) is 2.41. The number of urea groups is 1. The highest BCUT2D eigenvalue weighted by atomic mass is 35.5. The first-order valence-corrected chi connectivity index (χ1v) is 7.34. The van der Waals surface area contributed by atoms with Crippen molar-refractivity contribution in [2.45, 2.75) is 38.8 Å². The minimum absolute atomic E-state index is 0. The second-order valence-corrected chi connectivity index (χ2v) is 5.57. The summed E-state index contributed by atoms with van der Waals surface area (Å²) < 4.78 is 10.6. The van der Waals surface area contributed by atoms with Gasteiger partial charge < -0.3 is 20.1 Å². The van der Waals surface area contributed by atoms with Gasteiger partial charge in [0.1, 0.15) is 11.5 Å². The lowest BCUT2D eigenvalue weighted by atomic mass is 10.1. The Kier molecular flexibility index (Phi) is 6.81. The quantitative estimate of drug-likeness (QED) is 0.842. The number of rotatable bonds is 6. The lowest BCUT2D eigenvalue weighted by Crippen LogP contribution is -2.42. The zero-order chi connectivity index (χ0) is 15.4. The van der Waals surface area contributed by atoms with Crippen molar-refractivity contribution in [2.75, 3.05) is 14.2 Å². The van der Waals surface area contributed by atoms with Crippen molar-refractivity contribution in [3.63, 3.8) is 0 Å². The van der Waals surface area contributed by atoms with Crippen LogP contribution < -0.4 is 20.1 Å². The third-order valence-corrected chi connectivity index (χ3v) is 3.94. The number of carbonyl (C=O) groups is 1. The maximum absolute atomic E-state index is 12.0. The van der Waals surface area contributed by atoms with Gasteiger partial charge in [0.15, 0.2) is 0 Å². The van der Waals surface area contributed by atoms with Gasteiger partial charge in [0, 0.05) is 11.6 Å². The molecule has 1 saturated carbocycles. The Morgan fingerprint density at radius 2 is 1.86 bits per heavy atom. The van der Waals surface area contributed by atoms with Gasteiger partial charge in [-0.05, 0) is 50.8 Å². The zero-order valence-electron chi connectivity index (χ0n) is 13.5. The molecule has 2 amide bonds. The Morgan fingerprint density at radius 1 is 1.18 bits per heavy atom. The van der Waals surface area contributed by atoms with Gasteiger partial charge in [-0.25, -0.2) is 4.79 Å². The van der Waals surface area contributed by atoms with E-state index in [0.29, 0.717) is 5.92 Å². The summed E-state index contributed by atoms with van der Waals surface area (Å²) in [4.78, 5) is 12.0. The van der Waals surface area contributed by atoms with Crippen LogP contribution >= 0.6 is 12.4 Å². The van der Waals surface area contributed by atoms with E-state index in [0.717, 1.165) is 17.1 Å². The average molecular weight is 329 g/mol. The van der Waals surface area contributed by atoms with Gasteiger partial charge in [-0.3, -0.25) is 0 Å². The van der Waals surface area contributed by atoms with E-state index in [2.05, 4.69) is 10.6 Å². The van der Waals surface area contributed by atoms with Gasteiger partial charge in [-0.2, -0.15) is 0 Å². The van der Waals surface area contributed by atoms with Gasteiger partial charge in [0.05, 0.1) is 20.3 Å². The largest absolute Gasteiger partial charge is 0.497 e. The highest BCUT2D eigenvalue weighted by molar-refractivity contribution is 5.85. The lowest BCUT2D eigenvalue weighted by molar-refractivity contribution is 0.233. The first-order valence-electron chi connectivity index (χ1n) is 7.34. The number of amides is 2. The Balaban J connectivity index is 0.00000242. The number of ether oxygens (including phenoxy) is 2. The molecule has 124 valence electrons. The van der Waals surface area contributed by atoms with Crippen molar-refractivity contribution < 1.29 is 14.3 Å². The molecular formula is C16H25ClN2O3. The average Bonchev–Trinajstić information content (AvgIpc) is 3.30. The summed E-state index contributed by atoms with van der Waals surface area (Å²) in [5.74, 6) is 2.11. The molecule has 1 aliphatic carbocycles. The van der Waals surface area contributed by atoms with Gasteiger partial charge in [-0.1, -0.05) is 0 Å². The number of benzene rings is 1. The van der Waals surface area contributed by atoms with Crippen molar-refractivity contribution in [3.8, 4) is 11.5 Å². The molecule has 0 bridgehead atoms. The molecule has 1 aromatic rings. The van der Waals surface area contributed by atoms with Crippen LogP contribution in [-0.2, 0) is 0 Å². The zero-order valence-corrected chi connectivity index (χ0v) is 14.3. The van der Waals surface area contributed by atoms with E-state index in [1.807, 2.05) is 32.0 Å².